The lowest BCUT2D eigenvalue weighted by Crippen LogP contribution is -2.40. The summed E-state index contributed by atoms with van der Waals surface area (Å²) in [6, 6.07) is 16.7. The van der Waals surface area contributed by atoms with Gasteiger partial charge in [-0.05, 0) is 62.7 Å². The summed E-state index contributed by atoms with van der Waals surface area (Å²) in [5.74, 6) is -0.00688. The number of benzene rings is 2. The predicted octanol–water partition coefficient (Wildman–Crippen LogP) is 4.89. The van der Waals surface area contributed by atoms with E-state index >= 15 is 0 Å². The summed E-state index contributed by atoms with van der Waals surface area (Å²) >= 11 is 7.32. The molecular formula is C30H25ClN2O6S. The van der Waals surface area contributed by atoms with Gasteiger partial charge in [-0.3, -0.25) is 9.36 Å². The smallest absolute Gasteiger partial charge is 0.338 e. The third-order valence-corrected chi connectivity index (χ3v) is 7.47. The van der Waals surface area contributed by atoms with Crippen molar-refractivity contribution in [2.24, 2.45) is 4.99 Å². The predicted molar refractivity (Wildman–Crippen MR) is 152 cm³/mol. The van der Waals surface area contributed by atoms with Gasteiger partial charge in [0.1, 0.15) is 11.5 Å². The van der Waals surface area contributed by atoms with Crippen molar-refractivity contribution in [3.05, 3.63) is 114 Å². The van der Waals surface area contributed by atoms with E-state index in [2.05, 4.69) is 4.99 Å². The van der Waals surface area contributed by atoms with Gasteiger partial charge in [-0.2, -0.15) is 0 Å². The topological polar surface area (TPSA) is 100 Å². The Morgan fingerprint density at radius 1 is 1.10 bits per heavy atom. The second-order valence-corrected chi connectivity index (χ2v) is 10.8. The molecule has 40 heavy (non-hydrogen) atoms. The highest BCUT2D eigenvalue weighted by molar-refractivity contribution is 7.07. The first-order chi connectivity index (χ1) is 19.2. The number of hydrogen-bond donors (Lipinski definition) is 0. The van der Waals surface area contributed by atoms with Crippen molar-refractivity contribution >= 4 is 41.0 Å². The molecule has 4 aromatic rings. The summed E-state index contributed by atoms with van der Waals surface area (Å²) < 4.78 is 18.2. The molecule has 0 saturated carbocycles. The van der Waals surface area contributed by atoms with Crippen LogP contribution in [0.25, 0.3) is 17.4 Å². The number of esters is 2. The molecule has 0 radical (unpaired) electrons. The largest absolute Gasteiger partial charge is 0.465 e. The monoisotopic (exact) mass is 576 g/mol. The van der Waals surface area contributed by atoms with E-state index in [4.69, 9.17) is 25.5 Å². The number of ether oxygens (including phenoxy) is 2. The molecule has 1 aliphatic rings. The van der Waals surface area contributed by atoms with Gasteiger partial charge < -0.3 is 13.9 Å². The Bertz CT molecular complexity index is 1830. The Morgan fingerprint density at radius 3 is 2.55 bits per heavy atom. The molecule has 2 aromatic heterocycles. The number of furan rings is 1. The number of carbonyl (C=O) groups excluding carboxylic acids is 2. The van der Waals surface area contributed by atoms with Crippen molar-refractivity contribution < 1.29 is 23.5 Å². The van der Waals surface area contributed by atoms with Crippen molar-refractivity contribution in [3.63, 3.8) is 0 Å². The number of nitrogens with zero attached hydrogens (tertiary/aromatic N) is 2. The maximum atomic E-state index is 13.8. The van der Waals surface area contributed by atoms with Gasteiger partial charge >= 0.3 is 11.9 Å². The standard InChI is InChI=1S/C30H25ClN2O6S/c1-16(2)38-29(36)25-17(3)32-30-33(26(25)18-8-10-21(31)11-9-18)27(34)24(40-30)15-22-12-13-23(39-22)19-6-5-7-20(14-19)28(35)37-4/h5-16,26H,1-4H3. The van der Waals surface area contributed by atoms with Crippen LogP contribution in [0.1, 0.15) is 48.5 Å². The molecule has 0 N–H and O–H groups in total. The lowest BCUT2D eigenvalue weighted by Gasteiger charge is -2.25. The summed E-state index contributed by atoms with van der Waals surface area (Å²) in [4.78, 5) is 43.9. The quantitative estimate of drug-likeness (QED) is 0.303. The number of thiazole rings is 1. The van der Waals surface area contributed by atoms with Crippen LogP contribution < -0.4 is 14.9 Å². The van der Waals surface area contributed by atoms with E-state index in [-0.39, 0.29) is 11.7 Å². The SMILES string of the molecule is COC(=O)c1cccc(-c2ccc(C=c3sc4n(c3=O)C(c3ccc(Cl)cc3)C(C(=O)OC(C)C)=C(C)N=4)o2)c1. The molecule has 8 nitrogen and oxygen atoms in total. The maximum Gasteiger partial charge on any atom is 0.338 e. The van der Waals surface area contributed by atoms with Crippen molar-refractivity contribution in [2.75, 3.05) is 7.11 Å². The van der Waals surface area contributed by atoms with Gasteiger partial charge in [-0.1, -0.05) is 47.2 Å². The number of hydrogen-bond acceptors (Lipinski definition) is 8. The van der Waals surface area contributed by atoms with E-state index in [1.807, 2.05) is 6.07 Å². The first kappa shape index (κ1) is 27.4. The van der Waals surface area contributed by atoms with Crippen molar-refractivity contribution in [3.8, 4) is 11.3 Å². The van der Waals surface area contributed by atoms with Gasteiger partial charge in [0, 0.05) is 16.7 Å². The second-order valence-electron chi connectivity index (χ2n) is 9.36. The van der Waals surface area contributed by atoms with E-state index in [0.29, 0.717) is 53.8 Å². The highest BCUT2D eigenvalue weighted by Gasteiger charge is 2.33. The number of allylic oxidation sites excluding steroid dienone is 1. The molecule has 0 bridgehead atoms. The number of carbonyl (C=O) groups is 2. The van der Waals surface area contributed by atoms with Crippen LogP contribution in [0.2, 0.25) is 5.02 Å². The molecule has 0 fully saturated rings. The summed E-state index contributed by atoms with van der Waals surface area (Å²) in [5, 5.41) is 0.536. The zero-order valence-corrected chi connectivity index (χ0v) is 23.7. The van der Waals surface area contributed by atoms with E-state index < -0.39 is 18.0 Å². The van der Waals surface area contributed by atoms with Gasteiger partial charge in [-0.25, -0.2) is 14.6 Å². The Morgan fingerprint density at radius 2 is 1.85 bits per heavy atom. The molecule has 2 aromatic carbocycles. The van der Waals surface area contributed by atoms with Crippen LogP contribution in [0.3, 0.4) is 0 Å². The van der Waals surface area contributed by atoms with Gasteiger partial charge in [0.25, 0.3) is 5.56 Å². The number of rotatable bonds is 6. The molecule has 0 spiro atoms. The fourth-order valence-corrected chi connectivity index (χ4v) is 5.61. The molecule has 0 aliphatic carbocycles. The summed E-state index contributed by atoms with van der Waals surface area (Å²) in [6.07, 6.45) is 1.30. The summed E-state index contributed by atoms with van der Waals surface area (Å²) in [6.45, 7) is 5.27. The van der Waals surface area contributed by atoms with Crippen LogP contribution in [-0.4, -0.2) is 29.7 Å². The van der Waals surface area contributed by atoms with Crippen molar-refractivity contribution in [2.45, 2.75) is 32.9 Å². The van der Waals surface area contributed by atoms with Crippen LogP contribution in [0.5, 0.6) is 0 Å². The Hall–Kier alpha value is -4.21. The molecule has 0 amide bonds. The molecule has 0 saturated heterocycles. The lowest BCUT2D eigenvalue weighted by molar-refractivity contribution is -0.143. The fourth-order valence-electron chi connectivity index (χ4n) is 4.45. The zero-order chi connectivity index (χ0) is 28.6. The molecule has 204 valence electrons. The van der Waals surface area contributed by atoms with Crippen LogP contribution in [0.4, 0.5) is 0 Å². The van der Waals surface area contributed by atoms with Gasteiger partial charge in [0.15, 0.2) is 4.80 Å². The third kappa shape index (κ3) is 5.30. The van der Waals surface area contributed by atoms with Gasteiger partial charge in [-0.15, -0.1) is 0 Å². The third-order valence-electron chi connectivity index (χ3n) is 6.24. The molecule has 10 heteroatoms. The van der Waals surface area contributed by atoms with Crippen LogP contribution in [0, 0.1) is 0 Å². The molecular weight excluding hydrogens is 552 g/mol. The average molecular weight is 577 g/mol. The second kappa shape index (κ2) is 11.1. The van der Waals surface area contributed by atoms with Crippen LogP contribution >= 0.6 is 22.9 Å². The summed E-state index contributed by atoms with van der Waals surface area (Å²) in [7, 11) is 1.32. The Balaban J connectivity index is 1.59. The van der Waals surface area contributed by atoms with Crippen LogP contribution in [-0.2, 0) is 14.3 Å². The number of halogens is 1. The van der Waals surface area contributed by atoms with E-state index in [0.717, 1.165) is 0 Å². The van der Waals surface area contributed by atoms with E-state index in [9.17, 15) is 14.4 Å². The Kier molecular flexibility index (Phi) is 7.60. The highest BCUT2D eigenvalue weighted by Crippen LogP contribution is 2.31. The van der Waals surface area contributed by atoms with Crippen LogP contribution in [0.15, 0.2) is 86.1 Å². The molecule has 3 heterocycles. The highest BCUT2D eigenvalue weighted by atomic mass is 35.5. The number of methoxy groups -OCH3 is 1. The first-order valence-corrected chi connectivity index (χ1v) is 13.6. The first-order valence-electron chi connectivity index (χ1n) is 12.4. The minimum Gasteiger partial charge on any atom is -0.465 e. The molecule has 5 rings (SSSR count). The molecule has 1 atom stereocenters. The van der Waals surface area contributed by atoms with Crippen molar-refractivity contribution in [1.29, 1.82) is 0 Å². The number of aromatic nitrogens is 1. The normalized spacial score (nSPS) is 15.2. The molecule has 1 unspecified atom stereocenters. The van der Waals surface area contributed by atoms with Crippen molar-refractivity contribution in [1.82, 2.24) is 4.57 Å². The average Bonchev–Trinajstić information content (AvgIpc) is 3.52. The minimum atomic E-state index is -0.741. The van der Waals surface area contributed by atoms with E-state index in [1.54, 1.807) is 81.4 Å². The van der Waals surface area contributed by atoms with E-state index in [1.165, 1.54) is 23.0 Å². The zero-order valence-electron chi connectivity index (χ0n) is 22.1. The molecule has 1 aliphatic heterocycles. The Labute approximate surface area is 238 Å². The summed E-state index contributed by atoms with van der Waals surface area (Å²) in [5.41, 5.74) is 2.24. The fraction of sp³-hybridized carbons (Fsp3) is 0.200. The van der Waals surface area contributed by atoms with Gasteiger partial charge in [0.05, 0.1) is 40.6 Å². The van der Waals surface area contributed by atoms with Gasteiger partial charge in [0.2, 0.25) is 0 Å². The lowest BCUT2D eigenvalue weighted by atomic mass is 9.96. The maximum absolute atomic E-state index is 13.8. The number of fused-ring (bicyclic) bond motifs is 1. The minimum absolute atomic E-state index is 0.292.